The van der Waals surface area contributed by atoms with E-state index in [4.69, 9.17) is 28.9 Å². The average molecular weight is 239 g/mol. The van der Waals surface area contributed by atoms with Gasteiger partial charge in [0.1, 0.15) is 11.0 Å². The lowest BCUT2D eigenvalue weighted by Crippen LogP contribution is -1.91. The zero-order valence-corrected chi connectivity index (χ0v) is 9.26. The lowest BCUT2D eigenvalue weighted by atomic mass is 10.1. The summed E-state index contributed by atoms with van der Waals surface area (Å²) in [6.45, 7) is 0. The quantitative estimate of drug-likeness (QED) is 0.771. The standard InChI is InChI=1S/C11H8Cl2N2/c12-8-3-1-7(2-4-8)9-5-6-10(14)15-11(9)13/h1-6H,(H2,14,15). The lowest BCUT2D eigenvalue weighted by molar-refractivity contribution is 1.34. The highest BCUT2D eigenvalue weighted by atomic mass is 35.5. The number of hydrogen-bond acceptors (Lipinski definition) is 2. The predicted octanol–water partition coefficient (Wildman–Crippen LogP) is 3.64. The van der Waals surface area contributed by atoms with Crippen LogP contribution in [-0.4, -0.2) is 4.98 Å². The van der Waals surface area contributed by atoms with Gasteiger partial charge in [0.05, 0.1) is 0 Å². The highest BCUT2D eigenvalue weighted by molar-refractivity contribution is 6.32. The smallest absolute Gasteiger partial charge is 0.139 e. The van der Waals surface area contributed by atoms with Crippen LogP contribution in [0.1, 0.15) is 0 Å². The maximum atomic E-state index is 5.98. The summed E-state index contributed by atoms with van der Waals surface area (Å²) in [7, 11) is 0. The van der Waals surface area contributed by atoms with Crippen molar-refractivity contribution in [1.82, 2.24) is 4.98 Å². The first-order chi connectivity index (χ1) is 7.16. The molecule has 0 atom stereocenters. The number of pyridine rings is 1. The molecule has 1 aromatic heterocycles. The van der Waals surface area contributed by atoms with Crippen molar-refractivity contribution in [1.29, 1.82) is 0 Å². The minimum absolute atomic E-state index is 0.400. The Morgan fingerprint density at radius 2 is 1.60 bits per heavy atom. The third-order valence-corrected chi connectivity index (χ3v) is 2.57. The Morgan fingerprint density at radius 3 is 2.20 bits per heavy atom. The first-order valence-electron chi connectivity index (χ1n) is 4.35. The second kappa shape index (κ2) is 4.09. The average Bonchev–Trinajstić information content (AvgIpc) is 2.20. The molecule has 0 unspecified atom stereocenters. The van der Waals surface area contributed by atoms with Crippen LogP contribution in [0.4, 0.5) is 5.82 Å². The van der Waals surface area contributed by atoms with E-state index in [1.165, 1.54) is 0 Å². The number of anilines is 1. The molecular formula is C11H8Cl2N2. The Kier molecular flexibility index (Phi) is 2.80. The van der Waals surface area contributed by atoms with Crippen molar-refractivity contribution in [3.8, 4) is 11.1 Å². The van der Waals surface area contributed by atoms with Gasteiger partial charge in [0, 0.05) is 10.6 Å². The minimum Gasteiger partial charge on any atom is -0.384 e. The Labute approximate surface area is 97.7 Å². The van der Waals surface area contributed by atoms with Gasteiger partial charge < -0.3 is 5.73 Å². The summed E-state index contributed by atoms with van der Waals surface area (Å²) in [4.78, 5) is 3.98. The third kappa shape index (κ3) is 2.22. The van der Waals surface area contributed by atoms with Crippen LogP contribution >= 0.6 is 23.2 Å². The van der Waals surface area contributed by atoms with Gasteiger partial charge in [-0.05, 0) is 29.8 Å². The van der Waals surface area contributed by atoms with Crippen molar-refractivity contribution >= 4 is 29.0 Å². The molecule has 0 saturated carbocycles. The van der Waals surface area contributed by atoms with Gasteiger partial charge in [-0.15, -0.1) is 0 Å². The third-order valence-electron chi connectivity index (χ3n) is 2.03. The van der Waals surface area contributed by atoms with Crippen LogP contribution in [0.25, 0.3) is 11.1 Å². The Morgan fingerprint density at radius 1 is 0.933 bits per heavy atom. The van der Waals surface area contributed by atoms with E-state index < -0.39 is 0 Å². The largest absolute Gasteiger partial charge is 0.384 e. The molecule has 0 aliphatic rings. The van der Waals surface area contributed by atoms with Crippen LogP contribution in [0.2, 0.25) is 10.2 Å². The molecule has 15 heavy (non-hydrogen) atoms. The molecule has 4 heteroatoms. The Bertz CT molecular complexity index is 480. The molecule has 0 radical (unpaired) electrons. The fraction of sp³-hybridized carbons (Fsp3) is 0. The van der Waals surface area contributed by atoms with Gasteiger partial charge in [-0.1, -0.05) is 35.3 Å². The number of nitrogens with zero attached hydrogens (tertiary/aromatic N) is 1. The summed E-state index contributed by atoms with van der Waals surface area (Å²) in [5.41, 5.74) is 7.33. The molecular weight excluding hydrogens is 231 g/mol. The molecule has 2 nitrogen and oxygen atoms in total. The van der Waals surface area contributed by atoms with E-state index in [0.29, 0.717) is 16.0 Å². The van der Waals surface area contributed by atoms with Crippen molar-refractivity contribution < 1.29 is 0 Å². The van der Waals surface area contributed by atoms with E-state index in [2.05, 4.69) is 4.98 Å². The van der Waals surface area contributed by atoms with Gasteiger partial charge in [-0.2, -0.15) is 0 Å². The number of nitrogens with two attached hydrogens (primary N) is 1. The van der Waals surface area contributed by atoms with Crippen molar-refractivity contribution in [3.63, 3.8) is 0 Å². The zero-order chi connectivity index (χ0) is 10.8. The summed E-state index contributed by atoms with van der Waals surface area (Å²) in [6.07, 6.45) is 0. The monoisotopic (exact) mass is 238 g/mol. The highest BCUT2D eigenvalue weighted by Crippen LogP contribution is 2.27. The minimum atomic E-state index is 0.400. The SMILES string of the molecule is Nc1ccc(-c2ccc(Cl)cc2)c(Cl)n1. The molecule has 76 valence electrons. The summed E-state index contributed by atoms with van der Waals surface area (Å²) in [5, 5.41) is 1.09. The van der Waals surface area contributed by atoms with Gasteiger partial charge in [0.25, 0.3) is 0 Å². The van der Waals surface area contributed by atoms with Gasteiger partial charge in [0.2, 0.25) is 0 Å². The van der Waals surface area contributed by atoms with Gasteiger partial charge in [-0.25, -0.2) is 4.98 Å². The number of halogens is 2. The molecule has 0 aliphatic heterocycles. The molecule has 0 amide bonds. The molecule has 0 spiro atoms. The van der Waals surface area contributed by atoms with Gasteiger partial charge >= 0.3 is 0 Å². The number of rotatable bonds is 1. The predicted molar refractivity (Wildman–Crippen MR) is 64.1 cm³/mol. The molecule has 0 aliphatic carbocycles. The molecule has 1 heterocycles. The Hall–Kier alpha value is -1.25. The van der Waals surface area contributed by atoms with Crippen LogP contribution in [0.5, 0.6) is 0 Å². The fourth-order valence-electron chi connectivity index (χ4n) is 1.29. The summed E-state index contributed by atoms with van der Waals surface area (Å²) in [6, 6.07) is 11.0. The molecule has 2 rings (SSSR count). The molecule has 1 aromatic carbocycles. The summed E-state index contributed by atoms with van der Waals surface area (Å²) >= 11 is 11.8. The number of benzene rings is 1. The van der Waals surface area contributed by atoms with Crippen LogP contribution in [0.15, 0.2) is 36.4 Å². The maximum absolute atomic E-state index is 5.98. The van der Waals surface area contributed by atoms with E-state index in [1.54, 1.807) is 6.07 Å². The van der Waals surface area contributed by atoms with E-state index in [1.807, 2.05) is 30.3 Å². The first kappa shape index (κ1) is 10.3. The molecule has 0 fully saturated rings. The van der Waals surface area contributed by atoms with E-state index in [-0.39, 0.29) is 0 Å². The van der Waals surface area contributed by atoms with Crippen molar-refractivity contribution in [2.45, 2.75) is 0 Å². The molecule has 0 bridgehead atoms. The van der Waals surface area contributed by atoms with E-state index in [9.17, 15) is 0 Å². The topological polar surface area (TPSA) is 38.9 Å². The first-order valence-corrected chi connectivity index (χ1v) is 5.10. The number of nitrogen functional groups attached to an aromatic ring is 1. The van der Waals surface area contributed by atoms with Gasteiger partial charge in [-0.3, -0.25) is 0 Å². The molecule has 2 aromatic rings. The second-order valence-corrected chi connectivity index (χ2v) is 3.88. The lowest BCUT2D eigenvalue weighted by Gasteiger charge is -2.04. The molecule has 0 saturated heterocycles. The highest BCUT2D eigenvalue weighted by Gasteiger charge is 2.04. The summed E-state index contributed by atoms with van der Waals surface area (Å²) < 4.78 is 0. The number of hydrogen-bond donors (Lipinski definition) is 1. The van der Waals surface area contributed by atoms with Crippen LogP contribution in [-0.2, 0) is 0 Å². The van der Waals surface area contributed by atoms with Crippen LogP contribution in [0, 0.1) is 0 Å². The van der Waals surface area contributed by atoms with Gasteiger partial charge in [0.15, 0.2) is 0 Å². The second-order valence-electron chi connectivity index (χ2n) is 3.08. The number of aromatic nitrogens is 1. The molecule has 2 N–H and O–H groups in total. The van der Waals surface area contributed by atoms with Crippen molar-refractivity contribution in [2.75, 3.05) is 5.73 Å². The maximum Gasteiger partial charge on any atom is 0.139 e. The van der Waals surface area contributed by atoms with E-state index in [0.717, 1.165) is 11.1 Å². The van der Waals surface area contributed by atoms with Crippen molar-refractivity contribution in [3.05, 3.63) is 46.6 Å². The Balaban J connectivity index is 2.49. The van der Waals surface area contributed by atoms with Crippen LogP contribution < -0.4 is 5.73 Å². The normalized spacial score (nSPS) is 10.3. The summed E-state index contributed by atoms with van der Waals surface area (Å²) in [5.74, 6) is 0.415. The zero-order valence-electron chi connectivity index (χ0n) is 7.74. The van der Waals surface area contributed by atoms with E-state index >= 15 is 0 Å². The van der Waals surface area contributed by atoms with Crippen LogP contribution in [0.3, 0.4) is 0 Å². The fourth-order valence-corrected chi connectivity index (χ4v) is 1.69. The van der Waals surface area contributed by atoms with Crippen molar-refractivity contribution in [2.24, 2.45) is 0 Å².